The van der Waals surface area contributed by atoms with Gasteiger partial charge in [-0.2, -0.15) is 18.4 Å². The minimum Gasteiger partial charge on any atom is -0.447 e. The third-order valence-electron chi connectivity index (χ3n) is 7.53. The summed E-state index contributed by atoms with van der Waals surface area (Å²) in [5, 5.41) is 31.4. The quantitative estimate of drug-likeness (QED) is 0.172. The number of amides is 2. The smallest absolute Gasteiger partial charge is 0.447 e. The first-order valence-corrected chi connectivity index (χ1v) is 13.5. The number of nitrogens with zero attached hydrogens (tertiary/aromatic N) is 3. The summed E-state index contributed by atoms with van der Waals surface area (Å²) in [4.78, 5) is 28.7. The number of benzene rings is 1. The Morgan fingerprint density at radius 2 is 1.88 bits per heavy atom. The van der Waals surface area contributed by atoms with Gasteiger partial charge >= 0.3 is 19.4 Å². The van der Waals surface area contributed by atoms with Crippen molar-refractivity contribution in [2.75, 3.05) is 26.2 Å². The molecule has 0 aliphatic carbocycles. The van der Waals surface area contributed by atoms with Crippen LogP contribution >= 0.6 is 0 Å². The van der Waals surface area contributed by atoms with Gasteiger partial charge in [-0.3, -0.25) is 9.69 Å². The van der Waals surface area contributed by atoms with Gasteiger partial charge in [0, 0.05) is 25.0 Å². The van der Waals surface area contributed by atoms with Gasteiger partial charge in [0.1, 0.15) is 18.2 Å². The number of ether oxygens (including phenoxy) is 1. The fourth-order valence-electron chi connectivity index (χ4n) is 5.09. The summed E-state index contributed by atoms with van der Waals surface area (Å²) >= 11 is 0. The number of carbonyl (C=O) groups excluding carboxylic acids is 2. The fraction of sp³-hybridized carbons (Fsp3) is 0.593. The monoisotopic (exact) mass is 600 g/mol. The molecule has 3 rings (SSSR count). The zero-order valence-electron chi connectivity index (χ0n) is 23.3. The van der Waals surface area contributed by atoms with E-state index in [1.54, 1.807) is 13.8 Å². The van der Waals surface area contributed by atoms with Gasteiger partial charge in [-0.05, 0) is 63.3 Å². The lowest BCUT2D eigenvalue weighted by Crippen LogP contribution is -2.50. The summed E-state index contributed by atoms with van der Waals surface area (Å²) in [6.07, 6.45) is -2.89. The van der Waals surface area contributed by atoms with Crippen LogP contribution in [0.2, 0.25) is 0 Å². The van der Waals surface area contributed by atoms with Crippen LogP contribution in [0.3, 0.4) is 0 Å². The van der Waals surface area contributed by atoms with Crippen molar-refractivity contribution in [2.45, 2.75) is 75.6 Å². The summed E-state index contributed by atoms with van der Waals surface area (Å²) in [5.74, 6) is -4.76. The first kappa shape index (κ1) is 33.3. The van der Waals surface area contributed by atoms with Gasteiger partial charge in [-0.25, -0.2) is 13.6 Å². The van der Waals surface area contributed by atoms with Crippen LogP contribution in [0.25, 0.3) is 0 Å². The molecule has 1 aromatic carbocycles. The summed E-state index contributed by atoms with van der Waals surface area (Å²) < 4.78 is 71.2. The molecule has 0 radical (unpaired) electrons. The summed E-state index contributed by atoms with van der Waals surface area (Å²) in [6.45, 7) is 2.93. The van der Waals surface area contributed by atoms with Crippen LogP contribution in [0.5, 0.6) is 0 Å². The van der Waals surface area contributed by atoms with Crippen molar-refractivity contribution >= 4 is 19.1 Å². The lowest BCUT2D eigenvalue weighted by molar-refractivity contribution is -0.137. The third kappa shape index (κ3) is 8.89. The van der Waals surface area contributed by atoms with Crippen LogP contribution in [0.4, 0.5) is 26.7 Å². The average molecular weight is 600 g/mol. The number of halogens is 5. The van der Waals surface area contributed by atoms with Crippen LogP contribution in [0.1, 0.15) is 50.7 Å². The zero-order valence-corrected chi connectivity index (χ0v) is 23.3. The van der Waals surface area contributed by atoms with Crippen LogP contribution < -0.4 is 5.32 Å². The first-order valence-electron chi connectivity index (χ1n) is 13.5. The Morgan fingerprint density at radius 3 is 2.43 bits per heavy atom. The Kier molecular flexibility index (Phi) is 10.6. The Labute approximate surface area is 241 Å². The molecule has 2 aliphatic heterocycles. The number of hydrogen-bond donors (Lipinski definition) is 3. The zero-order chi connectivity index (χ0) is 31.3. The Morgan fingerprint density at radius 1 is 1.21 bits per heavy atom. The molecule has 2 heterocycles. The molecule has 2 saturated heterocycles. The largest absolute Gasteiger partial charge is 0.475 e. The number of alkyl halides is 5. The molecule has 1 unspecified atom stereocenters. The molecule has 2 aliphatic rings. The maximum atomic E-state index is 13.8. The normalized spacial score (nSPS) is 20.5. The summed E-state index contributed by atoms with van der Waals surface area (Å²) in [6, 6.07) is 5.28. The van der Waals surface area contributed by atoms with Gasteiger partial charge in [0.05, 0.1) is 24.1 Å². The van der Waals surface area contributed by atoms with E-state index >= 15 is 0 Å². The average Bonchev–Trinajstić information content (AvgIpc) is 3.30. The van der Waals surface area contributed by atoms with Crippen molar-refractivity contribution in [2.24, 2.45) is 0 Å². The minimum atomic E-state index is -4.53. The molecule has 15 heteroatoms. The van der Waals surface area contributed by atoms with Gasteiger partial charge in [0.15, 0.2) is 0 Å². The van der Waals surface area contributed by atoms with Gasteiger partial charge < -0.3 is 25.0 Å². The van der Waals surface area contributed by atoms with E-state index < -0.39 is 60.8 Å². The van der Waals surface area contributed by atoms with Crippen molar-refractivity contribution in [1.82, 2.24) is 15.1 Å². The standard InChI is InChI=1S/C27H34BF5N4O5/c1-25(2,36-12-10-26(29,30)17-36)14-19(15-34)23(38)37-11-4-3-5-21(37)16-42-24(39)35-22(28(40)41)13-18-6-8-20(9-7-18)27(31,32)33/h6-9,14,21-22,40-41H,3-5,10-13,16-17H2,1-2H3,(H,35,39)/t21?,22-/m0/s1. The van der Waals surface area contributed by atoms with Gasteiger partial charge in [0.2, 0.25) is 0 Å². The van der Waals surface area contributed by atoms with Crippen LogP contribution in [0.15, 0.2) is 35.9 Å². The molecule has 0 aromatic heterocycles. The van der Waals surface area contributed by atoms with E-state index in [0.29, 0.717) is 24.8 Å². The van der Waals surface area contributed by atoms with E-state index in [1.165, 1.54) is 15.9 Å². The van der Waals surface area contributed by atoms with E-state index in [0.717, 1.165) is 24.3 Å². The lowest BCUT2D eigenvalue weighted by Gasteiger charge is -2.36. The topological polar surface area (TPSA) is 126 Å². The van der Waals surface area contributed by atoms with Crippen molar-refractivity contribution in [3.63, 3.8) is 0 Å². The van der Waals surface area contributed by atoms with Crippen LogP contribution in [-0.2, 0) is 22.1 Å². The number of nitriles is 1. The third-order valence-corrected chi connectivity index (χ3v) is 7.53. The number of alkyl carbamates (subject to hydrolysis) is 1. The highest BCUT2D eigenvalue weighted by atomic mass is 19.4. The molecule has 9 nitrogen and oxygen atoms in total. The Bertz CT molecular complexity index is 1190. The second-order valence-electron chi connectivity index (χ2n) is 11.2. The highest BCUT2D eigenvalue weighted by Gasteiger charge is 2.43. The van der Waals surface area contributed by atoms with Gasteiger partial charge in [-0.15, -0.1) is 0 Å². The molecule has 3 N–H and O–H groups in total. The summed E-state index contributed by atoms with van der Waals surface area (Å²) in [7, 11) is -2.05. The predicted molar refractivity (Wildman–Crippen MR) is 142 cm³/mol. The molecule has 230 valence electrons. The van der Waals surface area contributed by atoms with Gasteiger partial charge in [0.25, 0.3) is 11.8 Å². The molecule has 42 heavy (non-hydrogen) atoms. The van der Waals surface area contributed by atoms with E-state index in [-0.39, 0.29) is 38.1 Å². The fourth-order valence-corrected chi connectivity index (χ4v) is 5.09. The molecule has 2 amide bonds. The number of nitrogens with one attached hydrogen (secondary N) is 1. The minimum absolute atomic E-state index is 0.112. The maximum Gasteiger partial charge on any atom is 0.475 e. The maximum absolute atomic E-state index is 13.8. The van der Waals surface area contributed by atoms with E-state index in [2.05, 4.69) is 5.32 Å². The molecular weight excluding hydrogens is 566 g/mol. The number of likely N-dealkylation sites (tertiary alicyclic amines) is 2. The van der Waals surface area contributed by atoms with E-state index in [4.69, 9.17) is 4.74 Å². The Hall–Kier alpha value is -3.22. The highest BCUT2D eigenvalue weighted by Crippen LogP contribution is 2.33. The summed E-state index contributed by atoms with van der Waals surface area (Å²) in [5.41, 5.74) is -1.77. The second-order valence-corrected chi connectivity index (χ2v) is 11.2. The van der Waals surface area contributed by atoms with Crippen molar-refractivity contribution in [3.8, 4) is 6.07 Å². The SMILES string of the molecule is CC(C)(C=C(C#N)C(=O)N1CCCCC1COC(=O)N[C@@H](Cc1ccc(C(F)(F)F)cc1)B(O)O)N1CCC(F)(F)C1. The van der Waals surface area contributed by atoms with Gasteiger partial charge in [-0.1, -0.05) is 12.1 Å². The van der Waals surface area contributed by atoms with Crippen LogP contribution in [0, 0.1) is 11.3 Å². The van der Waals surface area contributed by atoms with E-state index in [1.807, 2.05) is 6.07 Å². The molecule has 2 atom stereocenters. The van der Waals surface area contributed by atoms with Crippen LogP contribution in [-0.4, -0.2) is 88.7 Å². The number of rotatable bonds is 9. The first-order chi connectivity index (χ1) is 19.5. The lowest BCUT2D eigenvalue weighted by atomic mass is 9.76. The van der Waals surface area contributed by atoms with Crippen molar-refractivity contribution in [1.29, 1.82) is 5.26 Å². The predicted octanol–water partition coefficient (Wildman–Crippen LogP) is 3.31. The number of hydrogen-bond acceptors (Lipinski definition) is 7. The number of piperidine rings is 1. The molecule has 0 bridgehead atoms. The second kappa shape index (κ2) is 13.4. The number of carbonyl (C=O) groups is 2. The molecule has 0 spiro atoms. The van der Waals surface area contributed by atoms with E-state index in [9.17, 15) is 46.9 Å². The van der Waals surface area contributed by atoms with Crippen molar-refractivity contribution in [3.05, 3.63) is 47.0 Å². The molecule has 2 fully saturated rings. The molecule has 1 aromatic rings. The van der Waals surface area contributed by atoms with Crippen molar-refractivity contribution < 1.29 is 46.3 Å². The molecule has 0 saturated carbocycles. The highest BCUT2D eigenvalue weighted by molar-refractivity contribution is 6.43. The Balaban J connectivity index is 1.62. The molecular formula is C27H34BF5N4O5.